The molecular formula is C15H14OS. The highest BCUT2D eigenvalue weighted by Crippen LogP contribution is 2.35. The molecule has 2 aromatic carbocycles. The van der Waals surface area contributed by atoms with Crippen molar-refractivity contribution in [1.82, 2.24) is 0 Å². The van der Waals surface area contributed by atoms with Crippen LogP contribution in [0.5, 0.6) is 0 Å². The minimum atomic E-state index is -0.968. The minimum Gasteiger partial charge on any atom is -0.253 e. The fourth-order valence-electron chi connectivity index (χ4n) is 2.24. The average molecular weight is 242 g/mol. The van der Waals surface area contributed by atoms with Crippen LogP contribution >= 0.6 is 0 Å². The number of rotatable bonds is 0. The smallest absolute Gasteiger partial charge is 0.0632 e. The van der Waals surface area contributed by atoms with Gasteiger partial charge in [-0.1, -0.05) is 42.5 Å². The highest BCUT2D eigenvalue weighted by Gasteiger charge is 2.29. The van der Waals surface area contributed by atoms with E-state index in [1.165, 1.54) is 10.8 Å². The second-order valence-electron chi connectivity index (χ2n) is 4.90. The summed E-state index contributed by atoms with van der Waals surface area (Å²) in [5, 5.41) is 2.39. The molecule has 1 unspecified atom stereocenters. The van der Waals surface area contributed by atoms with E-state index in [0.29, 0.717) is 0 Å². The van der Waals surface area contributed by atoms with E-state index in [0.717, 1.165) is 10.5 Å². The lowest BCUT2D eigenvalue weighted by atomic mass is 10.0. The van der Waals surface area contributed by atoms with Crippen LogP contribution in [0.15, 0.2) is 47.4 Å². The summed E-state index contributed by atoms with van der Waals surface area (Å²) in [6.07, 6.45) is 4.16. The van der Waals surface area contributed by atoms with E-state index in [9.17, 15) is 4.21 Å². The first-order chi connectivity index (χ1) is 8.09. The second kappa shape index (κ2) is 3.54. The maximum Gasteiger partial charge on any atom is 0.0632 e. The molecule has 0 N–H and O–H groups in total. The van der Waals surface area contributed by atoms with Gasteiger partial charge in [-0.25, -0.2) is 0 Å². The van der Waals surface area contributed by atoms with Crippen LogP contribution in [0.1, 0.15) is 19.4 Å². The number of fused-ring (bicyclic) bond motifs is 3. The Kier molecular flexibility index (Phi) is 2.23. The molecule has 86 valence electrons. The SMILES string of the molecule is CC1(C)C=Cc2c(ccc3ccccc23)S1=O. The third-order valence-electron chi connectivity index (χ3n) is 3.26. The van der Waals surface area contributed by atoms with Crippen LogP contribution in [0.25, 0.3) is 16.8 Å². The van der Waals surface area contributed by atoms with Gasteiger partial charge in [0.2, 0.25) is 0 Å². The highest BCUT2D eigenvalue weighted by molar-refractivity contribution is 7.86. The Bertz CT molecular complexity index is 653. The van der Waals surface area contributed by atoms with E-state index >= 15 is 0 Å². The molecule has 0 saturated carbocycles. The van der Waals surface area contributed by atoms with Crippen molar-refractivity contribution in [2.24, 2.45) is 0 Å². The van der Waals surface area contributed by atoms with Crippen molar-refractivity contribution in [3.63, 3.8) is 0 Å². The van der Waals surface area contributed by atoms with Gasteiger partial charge < -0.3 is 0 Å². The monoisotopic (exact) mass is 242 g/mol. The van der Waals surface area contributed by atoms with E-state index in [2.05, 4.69) is 30.4 Å². The first kappa shape index (κ1) is 10.7. The van der Waals surface area contributed by atoms with Crippen molar-refractivity contribution >= 4 is 27.6 Å². The summed E-state index contributed by atoms with van der Waals surface area (Å²) in [6, 6.07) is 12.3. The highest BCUT2D eigenvalue weighted by atomic mass is 32.2. The van der Waals surface area contributed by atoms with Gasteiger partial charge in [-0.2, -0.15) is 0 Å². The quantitative estimate of drug-likeness (QED) is 0.687. The van der Waals surface area contributed by atoms with E-state index in [4.69, 9.17) is 0 Å². The van der Waals surface area contributed by atoms with Crippen molar-refractivity contribution in [1.29, 1.82) is 0 Å². The summed E-state index contributed by atoms with van der Waals surface area (Å²) in [4.78, 5) is 0.955. The molecule has 3 rings (SSSR count). The zero-order chi connectivity index (χ0) is 12.0. The molecule has 0 radical (unpaired) electrons. The van der Waals surface area contributed by atoms with E-state index in [1.54, 1.807) is 0 Å². The standard InChI is InChI=1S/C15H14OS/c1-15(2)10-9-13-12-6-4-3-5-11(12)7-8-14(13)17(15)16/h3-10H,1-2H3. The van der Waals surface area contributed by atoms with Gasteiger partial charge in [0.25, 0.3) is 0 Å². The molecule has 17 heavy (non-hydrogen) atoms. The van der Waals surface area contributed by atoms with Crippen LogP contribution < -0.4 is 0 Å². The van der Waals surface area contributed by atoms with Gasteiger partial charge in [0.05, 0.1) is 15.5 Å². The number of benzene rings is 2. The third kappa shape index (κ3) is 1.55. The lowest BCUT2D eigenvalue weighted by Crippen LogP contribution is -2.26. The molecule has 0 amide bonds. The predicted molar refractivity (Wildman–Crippen MR) is 73.5 cm³/mol. The van der Waals surface area contributed by atoms with Crippen molar-refractivity contribution < 1.29 is 4.21 Å². The predicted octanol–water partition coefficient (Wildman–Crippen LogP) is 3.75. The summed E-state index contributed by atoms with van der Waals surface area (Å²) >= 11 is 0. The van der Waals surface area contributed by atoms with Crippen LogP contribution in [0.4, 0.5) is 0 Å². The molecule has 1 aliphatic rings. The van der Waals surface area contributed by atoms with Crippen molar-refractivity contribution in [3.8, 4) is 0 Å². The van der Waals surface area contributed by atoms with Crippen LogP contribution in [-0.2, 0) is 10.8 Å². The Hall–Kier alpha value is -1.41. The Morgan fingerprint density at radius 3 is 2.65 bits per heavy atom. The maximum atomic E-state index is 12.4. The molecule has 0 aromatic heterocycles. The van der Waals surface area contributed by atoms with Crippen LogP contribution in [-0.4, -0.2) is 8.96 Å². The van der Waals surface area contributed by atoms with Crippen molar-refractivity contribution in [2.45, 2.75) is 23.5 Å². The lowest BCUT2D eigenvalue weighted by molar-refractivity contribution is 0.662. The van der Waals surface area contributed by atoms with Crippen LogP contribution in [0.2, 0.25) is 0 Å². The summed E-state index contributed by atoms with van der Waals surface area (Å²) in [6.45, 7) is 4.02. The normalized spacial score (nSPS) is 21.4. The maximum absolute atomic E-state index is 12.4. The van der Waals surface area contributed by atoms with Crippen molar-refractivity contribution in [3.05, 3.63) is 48.0 Å². The molecule has 1 aliphatic heterocycles. The van der Waals surface area contributed by atoms with Crippen molar-refractivity contribution in [2.75, 3.05) is 0 Å². The Labute approximate surface area is 104 Å². The lowest BCUT2D eigenvalue weighted by Gasteiger charge is -2.25. The van der Waals surface area contributed by atoms with E-state index in [1.807, 2.05) is 32.0 Å². The van der Waals surface area contributed by atoms with Gasteiger partial charge >= 0.3 is 0 Å². The molecule has 1 heterocycles. The first-order valence-corrected chi connectivity index (χ1v) is 6.87. The summed E-state index contributed by atoms with van der Waals surface area (Å²) in [7, 11) is -0.968. The molecule has 1 nitrogen and oxygen atoms in total. The topological polar surface area (TPSA) is 17.1 Å². The van der Waals surface area contributed by atoms with E-state index in [-0.39, 0.29) is 4.75 Å². The molecule has 0 saturated heterocycles. The summed E-state index contributed by atoms with van der Waals surface area (Å²) in [5.74, 6) is 0. The second-order valence-corrected chi connectivity index (χ2v) is 6.93. The molecule has 0 fully saturated rings. The molecule has 0 bridgehead atoms. The Morgan fingerprint density at radius 2 is 1.82 bits per heavy atom. The number of hydrogen-bond donors (Lipinski definition) is 0. The summed E-state index contributed by atoms with van der Waals surface area (Å²) in [5.41, 5.74) is 1.11. The molecule has 2 aromatic rings. The van der Waals surface area contributed by atoms with Gasteiger partial charge in [-0.15, -0.1) is 0 Å². The van der Waals surface area contributed by atoms with Crippen LogP contribution in [0, 0.1) is 0 Å². The molecule has 2 heteroatoms. The Morgan fingerprint density at radius 1 is 1.06 bits per heavy atom. The third-order valence-corrected chi connectivity index (χ3v) is 5.11. The fraction of sp³-hybridized carbons (Fsp3) is 0.200. The van der Waals surface area contributed by atoms with Gasteiger partial charge in [-0.3, -0.25) is 4.21 Å². The summed E-state index contributed by atoms with van der Waals surface area (Å²) < 4.78 is 12.2. The first-order valence-electron chi connectivity index (χ1n) is 5.72. The zero-order valence-corrected chi connectivity index (χ0v) is 10.8. The van der Waals surface area contributed by atoms with Gasteiger partial charge in [0, 0.05) is 4.90 Å². The molecule has 1 atom stereocenters. The van der Waals surface area contributed by atoms with Crippen LogP contribution in [0.3, 0.4) is 0 Å². The minimum absolute atomic E-state index is 0.268. The molecule has 0 spiro atoms. The molecular weight excluding hydrogens is 228 g/mol. The number of hydrogen-bond acceptors (Lipinski definition) is 1. The average Bonchev–Trinajstić information content (AvgIpc) is 2.33. The zero-order valence-electron chi connectivity index (χ0n) is 9.94. The van der Waals surface area contributed by atoms with E-state index < -0.39 is 10.8 Å². The van der Waals surface area contributed by atoms with Gasteiger partial charge in [-0.05, 0) is 36.2 Å². The molecule has 0 aliphatic carbocycles. The fourth-order valence-corrected chi connectivity index (χ4v) is 3.57. The largest absolute Gasteiger partial charge is 0.253 e. The van der Waals surface area contributed by atoms with Gasteiger partial charge in [0.15, 0.2) is 0 Å². The Balaban J connectivity index is 2.37. The van der Waals surface area contributed by atoms with Gasteiger partial charge in [0.1, 0.15) is 0 Å².